The maximum Gasteiger partial charge on any atom is 0.333 e. The van der Waals surface area contributed by atoms with Gasteiger partial charge in [-0.1, -0.05) is 18.7 Å². The Morgan fingerprint density at radius 2 is 1.65 bits per heavy atom. The number of hydrogen-bond acceptors (Lipinski definition) is 9. The molecule has 0 aromatic rings. The minimum atomic E-state index is -1.94. The quantitative estimate of drug-likeness (QED) is 0.185. The third-order valence-corrected chi connectivity index (χ3v) is 6.57. The van der Waals surface area contributed by atoms with Crippen molar-refractivity contribution >= 4 is 11.9 Å². The first kappa shape index (κ1) is 30.0. The molecule has 194 valence electrons. The summed E-state index contributed by atoms with van der Waals surface area (Å²) in [5, 5.41) is 53.6. The smallest absolute Gasteiger partial charge is 0.333 e. The van der Waals surface area contributed by atoms with Gasteiger partial charge in [0.2, 0.25) is 0 Å². The Balaban J connectivity index is 3.13. The summed E-state index contributed by atoms with van der Waals surface area (Å²) in [6.45, 7) is 14.3. The van der Waals surface area contributed by atoms with Crippen LogP contribution in [0.4, 0.5) is 0 Å². The van der Waals surface area contributed by atoms with E-state index in [0.29, 0.717) is 5.57 Å². The van der Waals surface area contributed by atoms with E-state index >= 15 is 0 Å². The molecule has 0 radical (unpaired) electrons. The molecule has 1 saturated carbocycles. The van der Waals surface area contributed by atoms with Gasteiger partial charge >= 0.3 is 11.9 Å². The zero-order valence-corrected chi connectivity index (χ0v) is 21.1. The van der Waals surface area contributed by atoms with Gasteiger partial charge in [-0.15, -0.1) is 0 Å². The Kier molecular flexibility index (Phi) is 10.2. The Hall–Kier alpha value is -2.04. The number of rotatable bonds is 9. The van der Waals surface area contributed by atoms with Gasteiger partial charge in [0.25, 0.3) is 0 Å². The zero-order valence-electron chi connectivity index (χ0n) is 21.1. The molecule has 9 nitrogen and oxygen atoms in total. The van der Waals surface area contributed by atoms with E-state index in [4.69, 9.17) is 9.47 Å². The van der Waals surface area contributed by atoms with E-state index in [2.05, 4.69) is 6.58 Å². The Labute approximate surface area is 201 Å². The molecule has 0 unspecified atom stereocenters. The predicted molar refractivity (Wildman–Crippen MR) is 125 cm³/mol. The van der Waals surface area contributed by atoms with Crippen molar-refractivity contribution in [1.29, 1.82) is 0 Å². The lowest BCUT2D eigenvalue weighted by atomic mass is 9.69. The van der Waals surface area contributed by atoms with E-state index in [0.717, 1.165) is 0 Å². The van der Waals surface area contributed by atoms with Crippen LogP contribution in [0.25, 0.3) is 0 Å². The fraction of sp³-hybridized carbons (Fsp3) is 0.680. The molecule has 0 saturated heterocycles. The molecule has 1 fully saturated rings. The number of aliphatic hydroxyl groups excluding tert-OH is 3. The third kappa shape index (κ3) is 6.99. The van der Waals surface area contributed by atoms with Crippen molar-refractivity contribution in [3.05, 3.63) is 35.5 Å². The van der Waals surface area contributed by atoms with Crippen LogP contribution in [0, 0.1) is 5.92 Å². The van der Waals surface area contributed by atoms with Gasteiger partial charge < -0.3 is 35.0 Å². The van der Waals surface area contributed by atoms with Crippen molar-refractivity contribution in [1.82, 2.24) is 0 Å². The van der Waals surface area contributed by atoms with Crippen molar-refractivity contribution in [2.24, 2.45) is 5.92 Å². The van der Waals surface area contributed by atoms with E-state index in [1.54, 1.807) is 26.8 Å². The molecular weight excluding hydrogens is 444 g/mol. The second kappa shape index (κ2) is 11.6. The lowest BCUT2D eigenvalue weighted by Gasteiger charge is -2.47. The lowest BCUT2D eigenvalue weighted by Crippen LogP contribution is -2.63. The van der Waals surface area contributed by atoms with Crippen molar-refractivity contribution < 1.29 is 44.6 Å². The van der Waals surface area contributed by atoms with Crippen LogP contribution in [0.5, 0.6) is 0 Å². The molecule has 0 spiro atoms. The van der Waals surface area contributed by atoms with E-state index in [9.17, 15) is 35.1 Å². The summed E-state index contributed by atoms with van der Waals surface area (Å²) in [6.07, 6.45) is -4.16. The summed E-state index contributed by atoms with van der Waals surface area (Å²) in [5.41, 5.74) is -2.78. The standard InChI is InChI=1S/C25H40O9/c1-9-13(3)22(29)33-19(24(6,7)31)12-17(26)15(5)16-11-18(27)25(8,32)21(20(16)28)34-23(30)14(4)10-2/h9-10,16-21,26-28,31-32H,5,11-12H2,1-4,6-8H3/b13-9-,14-10-/t16-,17-,18+,19-,20+,21+,25-/m1/s1. The molecule has 0 amide bonds. The first-order valence-electron chi connectivity index (χ1n) is 11.3. The van der Waals surface area contributed by atoms with Crippen LogP contribution in [0.3, 0.4) is 0 Å². The number of esters is 2. The summed E-state index contributed by atoms with van der Waals surface area (Å²) < 4.78 is 10.7. The van der Waals surface area contributed by atoms with Gasteiger partial charge in [0.15, 0.2) is 6.10 Å². The number of allylic oxidation sites excluding steroid dienone is 2. The molecule has 1 rings (SSSR count). The van der Waals surface area contributed by atoms with E-state index in [1.165, 1.54) is 33.8 Å². The molecule has 5 N–H and O–H groups in total. The van der Waals surface area contributed by atoms with Crippen LogP contribution < -0.4 is 0 Å². The van der Waals surface area contributed by atoms with Gasteiger partial charge in [-0.2, -0.15) is 0 Å². The second-order valence-corrected chi connectivity index (χ2v) is 9.72. The van der Waals surface area contributed by atoms with Crippen LogP contribution >= 0.6 is 0 Å². The average molecular weight is 485 g/mol. The summed E-state index contributed by atoms with van der Waals surface area (Å²) >= 11 is 0. The highest BCUT2D eigenvalue weighted by molar-refractivity contribution is 5.88. The molecule has 0 aromatic carbocycles. The molecule has 7 atom stereocenters. The largest absolute Gasteiger partial charge is 0.456 e. The molecule has 0 aliphatic heterocycles. The van der Waals surface area contributed by atoms with Crippen molar-refractivity contribution in [2.45, 2.75) is 103 Å². The molecule has 34 heavy (non-hydrogen) atoms. The van der Waals surface area contributed by atoms with Crippen LogP contribution in [-0.2, 0) is 19.1 Å². The number of aliphatic hydroxyl groups is 5. The summed E-state index contributed by atoms with van der Waals surface area (Å²) in [4.78, 5) is 24.5. The topological polar surface area (TPSA) is 154 Å². The van der Waals surface area contributed by atoms with Gasteiger partial charge in [0.1, 0.15) is 17.8 Å². The zero-order chi connectivity index (χ0) is 26.6. The fourth-order valence-corrected chi connectivity index (χ4v) is 3.67. The molecule has 0 bridgehead atoms. The normalized spacial score (nSPS) is 30.4. The van der Waals surface area contributed by atoms with E-state index in [-0.39, 0.29) is 24.0 Å². The molecular formula is C25H40O9. The second-order valence-electron chi connectivity index (χ2n) is 9.72. The highest BCUT2D eigenvalue weighted by Gasteiger charge is 2.54. The van der Waals surface area contributed by atoms with Gasteiger partial charge in [-0.05, 0) is 60.5 Å². The van der Waals surface area contributed by atoms with E-state index < -0.39 is 59.6 Å². The van der Waals surface area contributed by atoms with Gasteiger partial charge in [-0.3, -0.25) is 0 Å². The fourth-order valence-electron chi connectivity index (χ4n) is 3.67. The molecule has 1 aliphatic rings. The first-order valence-corrected chi connectivity index (χ1v) is 11.3. The van der Waals surface area contributed by atoms with Crippen molar-refractivity contribution in [3.63, 3.8) is 0 Å². The van der Waals surface area contributed by atoms with Crippen LogP contribution in [0.1, 0.15) is 61.3 Å². The highest BCUT2D eigenvalue weighted by atomic mass is 16.6. The van der Waals surface area contributed by atoms with Gasteiger partial charge in [-0.25, -0.2) is 9.59 Å². The monoisotopic (exact) mass is 484 g/mol. The Morgan fingerprint density at radius 3 is 2.12 bits per heavy atom. The third-order valence-electron chi connectivity index (χ3n) is 6.57. The molecule has 1 aliphatic carbocycles. The molecule has 0 aromatic heterocycles. The SMILES string of the molecule is C=C([C@H](O)C[C@@H](OC(=O)/C(C)=C\C)C(C)(C)O)[C@H]1C[C@H](O)[C@@](C)(O)[C@@H](OC(=O)/C(C)=C\C)[C@H]1O. The van der Waals surface area contributed by atoms with Crippen LogP contribution in [0.2, 0.25) is 0 Å². The Morgan fingerprint density at radius 1 is 1.15 bits per heavy atom. The van der Waals surface area contributed by atoms with Crippen molar-refractivity contribution in [2.75, 3.05) is 0 Å². The van der Waals surface area contributed by atoms with Gasteiger partial charge in [0.05, 0.1) is 17.8 Å². The summed E-state index contributed by atoms with van der Waals surface area (Å²) in [5.74, 6) is -2.37. The number of hydrogen-bond donors (Lipinski definition) is 5. The number of ether oxygens (including phenoxy) is 2. The number of carbonyl (C=O) groups is 2. The minimum absolute atomic E-state index is 0.0823. The van der Waals surface area contributed by atoms with Gasteiger partial charge in [0, 0.05) is 23.5 Å². The predicted octanol–water partition coefficient (Wildman–Crippen LogP) is 1.31. The van der Waals surface area contributed by atoms with Crippen molar-refractivity contribution in [3.8, 4) is 0 Å². The minimum Gasteiger partial charge on any atom is -0.456 e. The molecule has 9 heteroatoms. The molecule has 0 heterocycles. The maximum absolute atomic E-state index is 12.3. The summed E-state index contributed by atoms with van der Waals surface area (Å²) in [7, 11) is 0. The maximum atomic E-state index is 12.3. The van der Waals surface area contributed by atoms with Crippen LogP contribution in [-0.4, -0.2) is 79.2 Å². The van der Waals surface area contributed by atoms with E-state index in [1.807, 2.05) is 0 Å². The summed E-state index contributed by atoms with van der Waals surface area (Å²) in [6, 6.07) is 0. The lowest BCUT2D eigenvalue weighted by molar-refractivity contribution is -0.221. The number of carbonyl (C=O) groups excluding carboxylic acids is 2. The average Bonchev–Trinajstić information content (AvgIpc) is 2.75. The van der Waals surface area contributed by atoms with Crippen LogP contribution in [0.15, 0.2) is 35.5 Å². The first-order chi connectivity index (χ1) is 15.5. The highest BCUT2D eigenvalue weighted by Crippen LogP contribution is 2.40. The Bertz CT molecular complexity index is 819.